The standard InChI is InChI=1S/C15H15N4O2S/c1-17-12-11(18-7-8-22-14(18)16-12)13(20)19(15(17)21)9-10-5-3-2-4-6-10/h2-6,11H,7-9H2,1H3/q+1. The van der Waals surface area contributed by atoms with Crippen LogP contribution in [0.2, 0.25) is 0 Å². The van der Waals surface area contributed by atoms with Crippen LogP contribution < -0.4 is 0 Å². The zero-order valence-corrected chi connectivity index (χ0v) is 12.9. The van der Waals surface area contributed by atoms with Crippen LogP contribution in [0.1, 0.15) is 5.56 Å². The molecule has 0 aromatic heterocycles. The summed E-state index contributed by atoms with van der Waals surface area (Å²) in [5.74, 6) is 1.32. The average Bonchev–Trinajstić information content (AvgIpc) is 3.11. The number of benzene rings is 1. The molecular weight excluding hydrogens is 300 g/mol. The number of amidine groups is 2. The highest BCUT2D eigenvalue weighted by Gasteiger charge is 2.55. The van der Waals surface area contributed by atoms with Crippen LogP contribution >= 0.6 is 11.8 Å². The molecule has 7 heteroatoms. The molecule has 0 radical (unpaired) electrons. The number of rotatable bonds is 2. The normalized spacial score (nSPS) is 23.9. The van der Waals surface area contributed by atoms with Crippen LogP contribution in [0.3, 0.4) is 0 Å². The molecule has 1 saturated heterocycles. The van der Waals surface area contributed by atoms with Crippen molar-refractivity contribution in [2.75, 3.05) is 19.3 Å². The molecule has 3 aliphatic heterocycles. The molecule has 0 saturated carbocycles. The summed E-state index contributed by atoms with van der Waals surface area (Å²) in [4.78, 5) is 32.7. The van der Waals surface area contributed by atoms with E-state index in [1.54, 1.807) is 18.8 Å². The van der Waals surface area contributed by atoms with Gasteiger partial charge in [-0.15, -0.1) is 0 Å². The average molecular weight is 315 g/mol. The van der Waals surface area contributed by atoms with E-state index >= 15 is 0 Å². The van der Waals surface area contributed by atoms with Crippen molar-refractivity contribution < 1.29 is 14.2 Å². The summed E-state index contributed by atoms with van der Waals surface area (Å²) in [6.07, 6.45) is 0. The van der Waals surface area contributed by atoms with Gasteiger partial charge >= 0.3 is 11.2 Å². The summed E-state index contributed by atoms with van der Waals surface area (Å²) in [5, 5.41) is 0.856. The minimum absolute atomic E-state index is 0.178. The molecule has 3 heterocycles. The topological polar surface area (TPSA) is 56.0 Å². The number of thioether (sulfide) groups is 1. The Morgan fingerprint density at radius 3 is 2.86 bits per heavy atom. The maximum atomic E-state index is 12.8. The van der Waals surface area contributed by atoms with Crippen LogP contribution in [-0.4, -0.2) is 62.7 Å². The first-order valence-corrected chi connectivity index (χ1v) is 8.13. The quantitative estimate of drug-likeness (QED) is 0.765. The van der Waals surface area contributed by atoms with E-state index in [1.807, 2.05) is 34.9 Å². The van der Waals surface area contributed by atoms with Gasteiger partial charge in [-0.3, -0.25) is 14.6 Å². The summed E-state index contributed by atoms with van der Waals surface area (Å²) in [6, 6.07) is 8.81. The molecule has 1 aromatic rings. The third-order valence-electron chi connectivity index (χ3n) is 4.12. The number of likely N-dealkylation sites (N-methyl/N-ethyl adjacent to an activating group) is 1. The number of carbonyl (C=O) groups is 2. The van der Waals surface area contributed by atoms with Gasteiger partial charge < -0.3 is 0 Å². The Morgan fingerprint density at radius 2 is 2.09 bits per heavy atom. The predicted octanol–water partition coefficient (Wildman–Crippen LogP) is 0.977. The lowest BCUT2D eigenvalue weighted by atomic mass is 10.1. The van der Waals surface area contributed by atoms with E-state index in [0.717, 1.165) is 23.0 Å². The van der Waals surface area contributed by atoms with Gasteiger partial charge in [0.05, 0.1) is 13.1 Å². The van der Waals surface area contributed by atoms with E-state index in [9.17, 15) is 9.59 Å². The zero-order chi connectivity index (χ0) is 15.3. The second-order valence-corrected chi connectivity index (χ2v) is 6.51. The highest BCUT2D eigenvalue weighted by atomic mass is 32.2. The highest BCUT2D eigenvalue weighted by Crippen LogP contribution is 2.27. The SMILES string of the molecule is CN1C(=O)N(Cc2ccccc2)C(=O)C2C1=NC1=[N+]2CCS1. The Balaban J connectivity index is 1.68. The predicted molar refractivity (Wildman–Crippen MR) is 84.0 cm³/mol. The van der Waals surface area contributed by atoms with Crippen molar-refractivity contribution in [2.45, 2.75) is 12.6 Å². The Hall–Kier alpha value is -2.15. The van der Waals surface area contributed by atoms with Gasteiger partial charge in [-0.2, -0.15) is 0 Å². The van der Waals surface area contributed by atoms with E-state index in [0.29, 0.717) is 12.4 Å². The van der Waals surface area contributed by atoms with Gasteiger partial charge in [0.1, 0.15) is 0 Å². The monoisotopic (exact) mass is 315 g/mol. The molecule has 22 heavy (non-hydrogen) atoms. The fourth-order valence-corrected chi connectivity index (χ4v) is 3.97. The first kappa shape index (κ1) is 13.5. The zero-order valence-electron chi connectivity index (χ0n) is 12.1. The largest absolute Gasteiger partial charge is 0.358 e. The third-order valence-corrected chi connectivity index (χ3v) is 5.09. The van der Waals surface area contributed by atoms with Crippen molar-refractivity contribution in [3.63, 3.8) is 0 Å². The Kier molecular flexibility index (Phi) is 3.04. The van der Waals surface area contributed by atoms with Crippen LogP contribution in [0, 0.1) is 0 Å². The molecule has 4 rings (SSSR count). The van der Waals surface area contributed by atoms with Crippen molar-refractivity contribution >= 4 is 34.7 Å². The minimum Gasteiger partial charge on any atom is -0.269 e. The van der Waals surface area contributed by atoms with Gasteiger partial charge in [0.15, 0.2) is 0 Å². The molecule has 0 bridgehead atoms. The molecule has 0 N–H and O–H groups in total. The molecular formula is C15H15N4O2S+. The number of aliphatic imine (C=N–C) groups is 1. The van der Waals surface area contributed by atoms with Crippen LogP contribution in [-0.2, 0) is 11.3 Å². The summed E-state index contributed by atoms with van der Waals surface area (Å²) < 4.78 is 2.00. The highest BCUT2D eigenvalue weighted by molar-refractivity contribution is 8.13. The van der Waals surface area contributed by atoms with Crippen molar-refractivity contribution in [3.05, 3.63) is 35.9 Å². The molecule has 1 aromatic carbocycles. The third kappa shape index (κ3) is 1.89. The second-order valence-electron chi connectivity index (χ2n) is 5.45. The number of amides is 3. The summed E-state index contributed by atoms with van der Waals surface area (Å²) in [5.41, 5.74) is 0.941. The lowest BCUT2D eigenvalue weighted by Crippen LogP contribution is -2.62. The van der Waals surface area contributed by atoms with Crippen molar-refractivity contribution in [1.29, 1.82) is 0 Å². The number of urea groups is 1. The van der Waals surface area contributed by atoms with Crippen LogP contribution in [0.5, 0.6) is 0 Å². The number of carbonyl (C=O) groups excluding carboxylic acids is 2. The Bertz CT molecular complexity index is 728. The first-order chi connectivity index (χ1) is 10.7. The number of imide groups is 1. The van der Waals surface area contributed by atoms with Crippen LogP contribution in [0.15, 0.2) is 35.3 Å². The van der Waals surface area contributed by atoms with E-state index in [1.165, 1.54) is 9.80 Å². The number of hydrogen-bond donors (Lipinski definition) is 0. The van der Waals surface area contributed by atoms with Crippen molar-refractivity contribution in [1.82, 2.24) is 9.80 Å². The minimum atomic E-state index is -0.448. The lowest BCUT2D eigenvalue weighted by Gasteiger charge is -2.33. The molecule has 3 amide bonds. The van der Waals surface area contributed by atoms with Crippen LogP contribution in [0.4, 0.5) is 4.79 Å². The van der Waals surface area contributed by atoms with E-state index in [-0.39, 0.29) is 11.9 Å². The fraction of sp³-hybridized carbons (Fsp3) is 0.333. The van der Waals surface area contributed by atoms with Gasteiger partial charge in [-0.25, -0.2) is 9.37 Å². The molecule has 1 unspecified atom stereocenters. The lowest BCUT2D eigenvalue weighted by molar-refractivity contribution is -0.525. The van der Waals surface area contributed by atoms with Gasteiger partial charge in [0.2, 0.25) is 0 Å². The fourth-order valence-electron chi connectivity index (χ4n) is 2.98. The Labute approximate surface area is 132 Å². The van der Waals surface area contributed by atoms with E-state index < -0.39 is 6.04 Å². The molecule has 0 spiro atoms. The van der Waals surface area contributed by atoms with Crippen molar-refractivity contribution in [2.24, 2.45) is 4.99 Å². The molecule has 112 valence electrons. The smallest absolute Gasteiger partial charge is 0.269 e. The van der Waals surface area contributed by atoms with Gasteiger partial charge in [-0.05, 0) is 22.3 Å². The maximum absolute atomic E-state index is 12.8. The molecule has 3 aliphatic rings. The summed E-state index contributed by atoms with van der Waals surface area (Å²) in [6.45, 7) is 1.09. The van der Waals surface area contributed by atoms with Gasteiger partial charge in [0, 0.05) is 12.8 Å². The molecule has 6 nitrogen and oxygen atoms in total. The van der Waals surface area contributed by atoms with E-state index in [4.69, 9.17) is 0 Å². The number of hydrogen-bond acceptors (Lipinski definition) is 4. The Morgan fingerprint density at radius 1 is 1.32 bits per heavy atom. The summed E-state index contributed by atoms with van der Waals surface area (Å²) >= 11 is 1.64. The maximum Gasteiger partial charge on any atom is 0.358 e. The second kappa shape index (κ2) is 4.95. The first-order valence-electron chi connectivity index (χ1n) is 7.15. The molecule has 1 fully saturated rings. The molecule has 1 atom stereocenters. The van der Waals surface area contributed by atoms with Crippen molar-refractivity contribution in [3.8, 4) is 0 Å². The van der Waals surface area contributed by atoms with Gasteiger partial charge in [-0.1, -0.05) is 30.3 Å². The van der Waals surface area contributed by atoms with Crippen LogP contribution in [0.25, 0.3) is 0 Å². The summed E-state index contributed by atoms with van der Waals surface area (Å²) in [7, 11) is 1.69. The number of fused-ring (bicyclic) bond motifs is 2. The van der Waals surface area contributed by atoms with E-state index in [2.05, 4.69) is 4.99 Å². The molecule has 0 aliphatic carbocycles. The number of nitrogens with zero attached hydrogens (tertiary/aromatic N) is 4. The van der Waals surface area contributed by atoms with Gasteiger partial charge in [0.25, 0.3) is 17.8 Å².